The van der Waals surface area contributed by atoms with Gasteiger partial charge in [-0.2, -0.15) is 0 Å². The molecule has 0 aromatic heterocycles. The third-order valence-corrected chi connectivity index (χ3v) is 3.73. The average Bonchev–Trinajstić information content (AvgIpc) is 2.86. The molecule has 1 atom stereocenters. The van der Waals surface area contributed by atoms with E-state index in [0.717, 1.165) is 25.9 Å². The lowest BCUT2D eigenvalue weighted by atomic mass is 10.1. The first kappa shape index (κ1) is 13.9. The van der Waals surface area contributed by atoms with Gasteiger partial charge in [-0.15, -0.1) is 0 Å². The van der Waals surface area contributed by atoms with E-state index in [1.165, 1.54) is 11.3 Å². The number of carbonyl (C=O) groups excluding carboxylic acids is 1. The van der Waals surface area contributed by atoms with E-state index in [1.54, 1.807) is 7.05 Å². The van der Waals surface area contributed by atoms with Gasteiger partial charge in [0.1, 0.15) is 0 Å². The van der Waals surface area contributed by atoms with Crippen LogP contribution in [0.4, 0.5) is 5.69 Å². The van der Waals surface area contributed by atoms with Crippen LogP contribution in [0.2, 0.25) is 0 Å². The van der Waals surface area contributed by atoms with E-state index in [2.05, 4.69) is 39.4 Å². The minimum Gasteiger partial charge on any atom is -0.378 e. The molecule has 0 bridgehead atoms. The molecule has 19 heavy (non-hydrogen) atoms. The number of anilines is 1. The van der Waals surface area contributed by atoms with Gasteiger partial charge >= 0.3 is 0 Å². The summed E-state index contributed by atoms with van der Waals surface area (Å²) >= 11 is 0. The number of rotatable bonds is 4. The lowest BCUT2D eigenvalue weighted by Gasteiger charge is -2.23. The van der Waals surface area contributed by atoms with Gasteiger partial charge in [0.25, 0.3) is 0 Å². The highest BCUT2D eigenvalue weighted by molar-refractivity contribution is 5.81. The summed E-state index contributed by atoms with van der Waals surface area (Å²) in [7, 11) is 5.80. The van der Waals surface area contributed by atoms with Crippen LogP contribution in [0, 0.1) is 0 Å². The van der Waals surface area contributed by atoms with Crippen LogP contribution in [0.5, 0.6) is 0 Å². The van der Waals surface area contributed by atoms with Gasteiger partial charge in [-0.25, -0.2) is 0 Å². The molecule has 1 fully saturated rings. The molecule has 0 saturated carbocycles. The Morgan fingerprint density at radius 2 is 2.26 bits per heavy atom. The summed E-state index contributed by atoms with van der Waals surface area (Å²) in [6, 6.07) is 8.54. The standard InChI is InChI=1S/C15H23N3O/c1-16-15(19)14-8-5-9-18(14)11-12-6-4-7-13(10-12)17(2)3/h4,6-7,10,14H,5,8-9,11H2,1-3H3,(H,16,19)/t14-/m0/s1. The highest BCUT2D eigenvalue weighted by atomic mass is 16.2. The van der Waals surface area contributed by atoms with Crippen molar-refractivity contribution in [2.45, 2.75) is 25.4 Å². The molecule has 4 nitrogen and oxygen atoms in total. The van der Waals surface area contributed by atoms with E-state index in [0.29, 0.717) is 0 Å². The summed E-state index contributed by atoms with van der Waals surface area (Å²) in [6.45, 7) is 1.85. The molecule has 1 aliphatic heterocycles. The van der Waals surface area contributed by atoms with E-state index in [-0.39, 0.29) is 11.9 Å². The summed E-state index contributed by atoms with van der Waals surface area (Å²) in [5, 5.41) is 2.76. The second-order valence-electron chi connectivity index (χ2n) is 5.31. The maximum atomic E-state index is 11.8. The zero-order valence-electron chi connectivity index (χ0n) is 12.0. The number of benzene rings is 1. The number of hydrogen-bond acceptors (Lipinski definition) is 3. The van der Waals surface area contributed by atoms with Gasteiger partial charge in [-0.3, -0.25) is 9.69 Å². The Morgan fingerprint density at radius 1 is 1.47 bits per heavy atom. The molecule has 0 aliphatic carbocycles. The fourth-order valence-corrected chi connectivity index (χ4v) is 2.65. The number of likely N-dealkylation sites (tertiary alicyclic amines) is 1. The van der Waals surface area contributed by atoms with Gasteiger partial charge in [-0.1, -0.05) is 12.1 Å². The van der Waals surface area contributed by atoms with Gasteiger partial charge in [0.05, 0.1) is 6.04 Å². The topological polar surface area (TPSA) is 35.6 Å². The van der Waals surface area contributed by atoms with Crippen molar-refractivity contribution >= 4 is 11.6 Å². The summed E-state index contributed by atoms with van der Waals surface area (Å²) in [4.78, 5) is 16.2. The van der Waals surface area contributed by atoms with Crippen LogP contribution in [-0.4, -0.2) is 44.5 Å². The van der Waals surface area contributed by atoms with Crippen molar-refractivity contribution in [3.63, 3.8) is 0 Å². The van der Waals surface area contributed by atoms with Crippen molar-refractivity contribution in [2.24, 2.45) is 0 Å². The highest BCUT2D eigenvalue weighted by Gasteiger charge is 2.29. The highest BCUT2D eigenvalue weighted by Crippen LogP contribution is 2.22. The Hall–Kier alpha value is -1.55. The first-order valence-corrected chi connectivity index (χ1v) is 6.83. The van der Waals surface area contributed by atoms with Gasteiger partial charge in [0.2, 0.25) is 5.91 Å². The van der Waals surface area contributed by atoms with Crippen LogP contribution in [-0.2, 0) is 11.3 Å². The average molecular weight is 261 g/mol. The van der Waals surface area contributed by atoms with Gasteiger partial charge < -0.3 is 10.2 Å². The number of carbonyl (C=O) groups is 1. The van der Waals surface area contributed by atoms with E-state index in [4.69, 9.17) is 0 Å². The Morgan fingerprint density at radius 3 is 2.95 bits per heavy atom. The first-order valence-electron chi connectivity index (χ1n) is 6.83. The van der Waals surface area contributed by atoms with Crippen molar-refractivity contribution in [3.8, 4) is 0 Å². The second kappa shape index (κ2) is 6.06. The smallest absolute Gasteiger partial charge is 0.237 e. The molecule has 1 N–H and O–H groups in total. The van der Waals surface area contributed by atoms with Crippen LogP contribution >= 0.6 is 0 Å². The van der Waals surface area contributed by atoms with Gasteiger partial charge in [-0.05, 0) is 37.1 Å². The van der Waals surface area contributed by atoms with Gasteiger partial charge in [0, 0.05) is 33.4 Å². The third kappa shape index (κ3) is 3.26. The van der Waals surface area contributed by atoms with Crippen molar-refractivity contribution in [2.75, 3.05) is 32.6 Å². The molecule has 1 aromatic carbocycles. The lowest BCUT2D eigenvalue weighted by Crippen LogP contribution is -2.41. The van der Waals surface area contributed by atoms with E-state index >= 15 is 0 Å². The fraction of sp³-hybridized carbons (Fsp3) is 0.533. The maximum absolute atomic E-state index is 11.8. The number of likely N-dealkylation sites (N-methyl/N-ethyl adjacent to an activating group) is 1. The van der Waals surface area contributed by atoms with Crippen molar-refractivity contribution in [1.29, 1.82) is 0 Å². The summed E-state index contributed by atoms with van der Waals surface area (Å²) in [6.07, 6.45) is 2.07. The minimum atomic E-state index is 0.0352. The third-order valence-electron chi connectivity index (χ3n) is 3.73. The van der Waals surface area contributed by atoms with Crippen LogP contribution in [0.25, 0.3) is 0 Å². The molecule has 2 rings (SSSR count). The molecule has 1 aliphatic rings. The normalized spacial score (nSPS) is 19.4. The zero-order chi connectivity index (χ0) is 13.8. The maximum Gasteiger partial charge on any atom is 0.237 e. The second-order valence-corrected chi connectivity index (χ2v) is 5.31. The molecular formula is C15H23N3O. The number of hydrogen-bond donors (Lipinski definition) is 1. The van der Waals surface area contributed by atoms with Crippen molar-refractivity contribution < 1.29 is 4.79 Å². The molecule has 104 valence electrons. The molecule has 0 spiro atoms. The van der Waals surface area contributed by atoms with Crippen LogP contribution in [0.3, 0.4) is 0 Å². The van der Waals surface area contributed by atoms with Crippen molar-refractivity contribution in [1.82, 2.24) is 10.2 Å². The Kier molecular flexibility index (Phi) is 4.43. The molecule has 1 amide bonds. The fourth-order valence-electron chi connectivity index (χ4n) is 2.65. The molecule has 1 aromatic rings. The Bertz CT molecular complexity index is 445. The molecule has 0 unspecified atom stereocenters. The van der Waals surface area contributed by atoms with Crippen LogP contribution in [0.15, 0.2) is 24.3 Å². The zero-order valence-corrected chi connectivity index (χ0v) is 12.0. The largest absolute Gasteiger partial charge is 0.378 e. The number of amides is 1. The predicted octanol–water partition coefficient (Wildman–Crippen LogP) is 1.46. The number of nitrogens with zero attached hydrogens (tertiary/aromatic N) is 2. The molecule has 1 saturated heterocycles. The first-order chi connectivity index (χ1) is 9.11. The van der Waals surface area contributed by atoms with E-state index < -0.39 is 0 Å². The summed E-state index contributed by atoms with van der Waals surface area (Å²) in [5.74, 6) is 0.140. The van der Waals surface area contributed by atoms with E-state index in [1.807, 2.05) is 14.1 Å². The van der Waals surface area contributed by atoms with Gasteiger partial charge in [0.15, 0.2) is 0 Å². The monoisotopic (exact) mass is 261 g/mol. The SMILES string of the molecule is CNC(=O)[C@@H]1CCCN1Cc1cccc(N(C)C)c1. The number of nitrogens with one attached hydrogen (secondary N) is 1. The predicted molar refractivity (Wildman–Crippen MR) is 78.3 cm³/mol. The molecular weight excluding hydrogens is 238 g/mol. The minimum absolute atomic E-state index is 0.0352. The molecule has 1 heterocycles. The molecule has 0 radical (unpaired) electrons. The summed E-state index contributed by atoms with van der Waals surface area (Å²) in [5.41, 5.74) is 2.47. The molecule has 4 heteroatoms. The van der Waals surface area contributed by atoms with Crippen LogP contribution in [0.1, 0.15) is 18.4 Å². The summed E-state index contributed by atoms with van der Waals surface area (Å²) < 4.78 is 0. The Labute approximate surface area is 115 Å². The lowest BCUT2D eigenvalue weighted by molar-refractivity contribution is -0.125. The Balaban J connectivity index is 2.08. The van der Waals surface area contributed by atoms with Crippen molar-refractivity contribution in [3.05, 3.63) is 29.8 Å². The quantitative estimate of drug-likeness (QED) is 0.891. The van der Waals surface area contributed by atoms with Crippen LogP contribution < -0.4 is 10.2 Å². The van der Waals surface area contributed by atoms with E-state index in [9.17, 15) is 4.79 Å².